The minimum Gasteiger partial charge on any atom is -0.412 e. The predicted octanol–water partition coefficient (Wildman–Crippen LogP) is -5.58. The third kappa shape index (κ3) is 231. The minimum atomic E-state index is -4.94. The summed E-state index contributed by atoms with van der Waals surface area (Å²) in [5.74, 6) is 0. The second kappa shape index (κ2) is 4.98. The molecule has 0 aliphatic rings. The molecule has 7 heteroatoms. The van der Waals surface area contributed by atoms with Crippen LogP contribution in [0.5, 0.6) is 0 Å². The van der Waals surface area contributed by atoms with Gasteiger partial charge >= 0.3 is 22.4 Å². The van der Waals surface area contributed by atoms with Gasteiger partial charge in [-0.3, -0.25) is 0 Å². The standard InChI is InChI=1S/Ag.ClHO4.H2O/c;2-1(3,4)5;/h;(H,2,3,4,5);1H2/q+1;;/p-1. The molecular formula is H2AgClO5. The van der Waals surface area contributed by atoms with Crippen LogP contribution in [0.4, 0.5) is 0 Å². The largest absolute Gasteiger partial charge is 1.00 e. The van der Waals surface area contributed by atoms with Crippen LogP contribution >= 0.6 is 0 Å². The van der Waals surface area contributed by atoms with Crippen LogP contribution in [-0.4, -0.2) is 5.48 Å². The van der Waals surface area contributed by atoms with Crippen molar-refractivity contribution in [3.63, 3.8) is 0 Å². The van der Waals surface area contributed by atoms with Crippen LogP contribution in [0.2, 0.25) is 0 Å². The van der Waals surface area contributed by atoms with E-state index in [0.717, 1.165) is 0 Å². The zero-order valence-corrected chi connectivity index (χ0v) is 5.05. The van der Waals surface area contributed by atoms with Crippen molar-refractivity contribution in [3.8, 4) is 0 Å². The van der Waals surface area contributed by atoms with E-state index in [1.165, 1.54) is 0 Å². The summed E-state index contributed by atoms with van der Waals surface area (Å²) in [6.07, 6.45) is 0. The van der Waals surface area contributed by atoms with Crippen LogP contribution in [-0.2, 0) is 22.4 Å². The van der Waals surface area contributed by atoms with E-state index in [-0.39, 0.29) is 27.9 Å². The molecule has 0 amide bonds. The topological polar surface area (TPSA) is 124 Å². The maximum atomic E-state index is 8.49. The Labute approximate surface area is 57.1 Å². The van der Waals surface area contributed by atoms with E-state index in [0.29, 0.717) is 0 Å². The molecule has 0 aromatic rings. The first-order chi connectivity index (χ1) is 2.00. The average Bonchev–Trinajstić information content (AvgIpc) is 0.722. The number of halogens is 1. The van der Waals surface area contributed by atoms with Crippen LogP contribution in [0.3, 0.4) is 0 Å². The molecule has 0 atom stereocenters. The predicted molar refractivity (Wildman–Crippen MR) is 3.61 cm³/mol. The van der Waals surface area contributed by atoms with Gasteiger partial charge in [0.05, 0.1) is 0 Å². The fourth-order valence-corrected chi connectivity index (χ4v) is 0. The van der Waals surface area contributed by atoms with Gasteiger partial charge in [0.15, 0.2) is 0 Å². The first-order valence-electron chi connectivity index (χ1n) is 0.617. The van der Waals surface area contributed by atoms with E-state index in [9.17, 15) is 0 Å². The Morgan fingerprint density at radius 3 is 0.857 bits per heavy atom. The number of rotatable bonds is 0. The number of hydrogen-bond donors (Lipinski definition) is 0. The summed E-state index contributed by atoms with van der Waals surface area (Å²) in [6, 6.07) is 0. The van der Waals surface area contributed by atoms with E-state index in [2.05, 4.69) is 0 Å². The molecule has 5 nitrogen and oxygen atoms in total. The van der Waals surface area contributed by atoms with Crippen LogP contribution in [0.15, 0.2) is 0 Å². The Morgan fingerprint density at radius 1 is 0.857 bits per heavy atom. The average molecular weight is 225 g/mol. The molecule has 0 aliphatic heterocycles. The van der Waals surface area contributed by atoms with E-state index in [4.69, 9.17) is 18.6 Å². The summed E-state index contributed by atoms with van der Waals surface area (Å²) < 4.78 is 34.0. The molecule has 7 heavy (non-hydrogen) atoms. The van der Waals surface area contributed by atoms with E-state index < -0.39 is 10.2 Å². The summed E-state index contributed by atoms with van der Waals surface area (Å²) in [5.41, 5.74) is 0. The van der Waals surface area contributed by atoms with Crippen molar-refractivity contribution in [2.24, 2.45) is 0 Å². The van der Waals surface area contributed by atoms with Gasteiger partial charge in [0.2, 0.25) is 0 Å². The molecule has 0 fully saturated rings. The third-order valence-electron chi connectivity index (χ3n) is 0. The Balaban J connectivity index is -0.0000000800. The van der Waals surface area contributed by atoms with Gasteiger partial charge in [-0.1, -0.05) is 0 Å². The van der Waals surface area contributed by atoms with Gasteiger partial charge in [-0.2, -0.15) is 0 Å². The van der Waals surface area contributed by atoms with Crippen molar-refractivity contribution in [2.45, 2.75) is 0 Å². The van der Waals surface area contributed by atoms with Gasteiger partial charge in [0.25, 0.3) is 0 Å². The van der Waals surface area contributed by atoms with Crippen molar-refractivity contribution in [3.05, 3.63) is 0 Å². The molecule has 2 N–H and O–H groups in total. The fourth-order valence-electron chi connectivity index (χ4n) is 0. The molecular weight excluding hydrogens is 223 g/mol. The molecule has 50 valence electrons. The van der Waals surface area contributed by atoms with E-state index in [1.54, 1.807) is 0 Å². The number of hydrogen-bond acceptors (Lipinski definition) is 4. The monoisotopic (exact) mass is 224 g/mol. The molecule has 0 radical (unpaired) electrons. The summed E-state index contributed by atoms with van der Waals surface area (Å²) in [6.45, 7) is 0. The maximum Gasteiger partial charge on any atom is 1.00 e. The third-order valence-corrected chi connectivity index (χ3v) is 0. The fraction of sp³-hybridized carbons (Fsp3) is 0. The van der Waals surface area contributed by atoms with Crippen LogP contribution in [0.25, 0.3) is 0 Å². The van der Waals surface area contributed by atoms with Crippen molar-refractivity contribution in [1.82, 2.24) is 0 Å². The zero-order valence-electron chi connectivity index (χ0n) is 2.81. The zero-order chi connectivity index (χ0) is 4.50. The Bertz CT molecular complexity index is 23.6. The molecule has 0 heterocycles. The second-order valence-corrected chi connectivity index (χ2v) is 1.13. The van der Waals surface area contributed by atoms with Crippen LogP contribution in [0, 0.1) is 10.2 Å². The Kier molecular flexibility index (Phi) is 11.1. The molecule has 0 saturated heterocycles. The van der Waals surface area contributed by atoms with E-state index >= 15 is 0 Å². The minimum absolute atomic E-state index is 0. The molecule has 0 unspecified atom stereocenters. The smallest absolute Gasteiger partial charge is 0.412 e. The molecule has 0 saturated carbocycles. The van der Waals surface area contributed by atoms with Gasteiger partial charge in [0.1, 0.15) is 0 Å². The second-order valence-electron chi connectivity index (χ2n) is 0.378. The van der Waals surface area contributed by atoms with Gasteiger partial charge in [-0.25, -0.2) is 18.6 Å². The van der Waals surface area contributed by atoms with Crippen LogP contribution < -0.4 is 18.6 Å². The van der Waals surface area contributed by atoms with E-state index in [1.807, 2.05) is 0 Å². The normalized spacial score (nSPS) is 8.57. The quantitative estimate of drug-likeness (QED) is 0.381. The maximum absolute atomic E-state index is 8.49. The molecule has 0 aromatic heterocycles. The van der Waals surface area contributed by atoms with Gasteiger partial charge < -0.3 is 5.48 Å². The van der Waals surface area contributed by atoms with Gasteiger partial charge in [0, 0.05) is 0 Å². The molecule has 0 aliphatic carbocycles. The van der Waals surface area contributed by atoms with Crippen molar-refractivity contribution in [2.75, 3.05) is 0 Å². The van der Waals surface area contributed by atoms with Crippen molar-refractivity contribution in [1.29, 1.82) is 0 Å². The Hall–Kier alpha value is 0.830. The van der Waals surface area contributed by atoms with Gasteiger partial charge in [-0.15, -0.1) is 10.2 Å². The molecule has 0 rings (SSSR count). The molecule has 0 spiro atoms. The molecule has 0 aromatic carbocycles. The van der Waals surface area contributed by atoms with Crippen molar-refractivity contribution < 1.29 is 56.7 Å². The summed E-state index contributed by atoms with van der Waals surface area (Å²) in [5, 5.41) is 0. The van der Waals surface area contributed by atoms with Gasteiger partial charge in [-0.05, 0) is 0 Å². The van der Waals surface area contributed by atoms with Crippen LogP contribution in [0.1, 0.15) is 0 Å². The summed E-state index contributed by atoms with van der Waals surface area (Å²) >= 11 is 0. The van der Waals surface area contributed by atoms with Crippen molar-refractivity contribution >= 4 is 0 Å². The first-order valence-corrected chi connectivity index (χ1v) is 1.85. The first kappa shape index (κ1) is 15.7. The summed E-state index contributed by atoms with van der Waals surface area (Å²) in [7, 11) is -4.94. The SMILES string of the molecule is O.[Ag+].[O-][Cl+3]([O-])([O-])[O-]. The molecule has 0 bridgehead atoms. The summed E-state index contributed by atoms with van der Waals surface area (Å²) in [4.78, 5) is 0. The Morgan fingerprint density at radius 2 is 0.857 bits per heavy atom.